The summed E-state index contributed by atoms with van der Waals surface area (Å²) in [6.07, 6.45) is 0.710. The number of aryl methyl sites for hydroxylation is 1. The molecule has 0 aromatic heterocycles. The molecule has 0 fully saturated rings. The molecule has 8 nitrogen and oxygen atoms in total. The number of sulfone groups is 1. The van der Waals surface area contributed by atoms with Crippen LogP contribution in [0.1, 0.15) is 34.8 Å². The van der Waals surface area contributed by atoms with Gasteiger partial charge in [-0.3, -0.25) is 9.59 Å². The first-order chi connectivity index (χ1) is 15.3. The molecule has 0 saturated heterocycles. The van der Waals surface area contributed by atoms with Crippen molar-refractivity contribution >= 4 is 33.0 Å². The molecule has 1 aliphatic heterocycles. The van der Waals surface area contributed by atoms with Crippen LogP contribution in [0.3, 0.4) is 0 Å². The lowest BCUT2D eigenvalue weighted by Crippen LogP contribution is -2.43. The molecule has 0 unspecified atom stereocenters. The van der Waals surface area contributed by atoms with Gasteiger partial charge in [0.05, 0.1) is 22.9 Å². The van der Waals surface area contributed by atoms with Crippen LogP contribution in [0.4, 0.5) is 11.4 Å². The fraction of sp³-hybridized carbons (Fsp3) is 0.391. The zero-order valence-corrected chi connectivity index (χ0v) is 19.1. The number of nitrogens with one attached hydrogen (secondary N) is 3. The molecule has 0 radical (unpaired) electrons. The molecule has 2 aromatic carbocycles. The molecule has 9 heteroatoms. The number of carbonyl (C=O) groups is 2. The summed E-state index contributed by atoms with van der Waals surface area (Å²) in [4.78, 5) is 24.9. The Morgan fingerprint density at radius 1 is 1.16 bits per heavy atom. The van der Waals surface area contributed by atoms with Crippen molar-refractivity contribution in [2.24, 2.45) is 0 Å². The first-order valence-electron chi connectivity index (χ1n) is 10.6. The van der Waals surface area contributed by atoms with Gasteiger partial charge in [-0.05, 0) is 49.6 Å². The highest BCUT2D eigenvalue weighted by atomic mass is 32.2. The smallest absolute Gasteiger partial charge is 0.251 e. The van der Waals surface area contributed by atoms with Crippen LogP contribution in [0, 0.1) is 6.92 Å². The van der Waals surface area contributed by atoms with E-state index in [9.17, 15) is 18.0 Å². The Kier molecular flexibility index (Phi) is 7.87. The van der Waals surface area contributed by atoms with E-state index in [1.165, 1.54) is 0 Å². The van der Waals surface area contributed by atoms with Crippen LogP contribution in [0.2, 0.25) is 0 Å². The molecule has 1 atom stereocenters. The Balaban J connectivity index is 1.62. The second-order valence-electron chi connectivity index (χ2n) is 7.73. The van der Waals surface area contributed by atoms with Crippen LogP contribution in [0.5, 0.6) is 0 Å². The summed E-state index contributed by atoms with van der Waals surface area (Å²) in [5.41, 5.74) is 3.05. The molecule has 1 aliphatic rings. The van der Waals surface area contributed by atoms with Gasteiger partial charge in [0.15, 0.2) is 9.84 Å². The van der Waals surface area contributed by atoms with Gasteiger partial charge in [0.2, 0.25) is 5.91 Å². The summed E-state index contributed by atoms with van der Waals surface area (Å²) >= 11 is 0. The topological polar surface area (TPSA) is 114 Å². The van der Waals surface area contributed by atoms with Gasteiger partial charge in [0.1, 0.15) is 6.04 Å². The van der Waals surface area contributed by atoms with Crippen LogP contribution in [0.25, 0.3) is 0 Å². The SMILES string of the molecule is CCOCCCNC(=O)c1ccc2c(c1)NC(=O)[C@H](CS(=O)(=O)Cc1ccccc1C)N2. The van der Waals surface area contributed by atoms with E-state index in [0.717, 1.165) is 11.1 Å². The number of hydrogen-bond acceptors (Lipinski definition) is 6. The fourth-order valence-corrected chi connectivity index (χ4v) is 5.11. The van der Waals surface area contributed by atoms with Crippen LogP contribution < -0.4 is 16.0 Å². The van der Waals surface area contributed by atoms with Gasteiger partial charge in [-0.2, -0.15) is 0 Å². The van der Waals surface area contributed by atoms with Crippen molar-refractivity contribution in [3.63, 3.8) is 0 Å². The molecule has 172 valence electrons. The Morgan fingerprint density at radius 3 is 2.69 bits per heavy atom. The third-order valence-corrected chi connectivity index (χ3v) is 6.79. The maximum atomic E-state index is 12.7. The molecule has 32 heavy (non-hydrogen) atoms. The number of benzene rings is 2. The molecular weight excluding hydrogens is 430 g/mol. The van der Waals surface area contributed by atoms with E-state index >= 15 is 0 Å². The second kappa shape index (κ2) is 10.6. The van der Waals surface area contributed by atoms with E-state index in [-0.39, 0.29) is 17.4 Å². The summed E-state index contributed by atoms with van der Waals surface area (Å²) in [5, 5.41) is 8.53. The van der Waals surface area contributed by atoms with E-state index < -0.39 is 21.8 Å². The third-order valence-electron chi connectivity index (χ3n) is 5.20. The minimum Gasteiger partial charge on any atom is -0.382 e. The molecule has 0 bridgehead atoms. The van der Waals surface area contributed by atoms with Crippen molar-refractivity contribution in [3.8, 4) is 0 Å². The quantitative estimate of drug-likeness (QED) is 0.471. The number of ether oxygens (including phenoxy) is 1. The fourth-order valence-electron chi connectivity index (χ4n) is 3.45. The average molecular weight is 460 g/mol. The van der Waals surface area contributed by atoms with Crippen LogP contribution >= 0.6 is 0 Å². The standard InChI is InChI=1S/C23H29N3O5S/c1-3-31-12-6-11-24-22(27)17-9-10-19-20(13-17)26-23(28)21(25-19)15-32(29,30)14-18-8-5-4-7-16(18)2/h4-5,7-10,13,21,25H,3,6,11-12,14-15H2,1-2H3,(H,24,27)(H,26,28)/t21-/m0/s1. The predicted octanol–water partition coefficient (Wildman–Crippen LogP) is 2.50. The number of anilines is 2. The largest absolute Gasteiger partial charge is 0.382 e. The summed E-state index contributed by atoms with van der Waals surface area (Å²) in [7, 11) is -3.53. The van der Waals surface area contributed by atoms with Gasteiger partial charge >= 0.3 is 0 Å². The highest BCUT2D eigenvalue weighted by Crippen LogP contribution is 2.28. The summed E-state index contributed by atoms with van der Waals surface area (Å²) in [6.45, 7) is 5.48. The minimum atomic E-state index is -3.53. The lowest BCUT2D eigenvalue weighted by molar-refractivity contribution is -0.116. The van der Waals surface area contributed by atoms with E-state index in [1.807, 2.05) is 26.0 Å². The van der Waals surface area contributed by atoms with Gasteiger partial charge in [0.25, 0.3) is 5.91 Å². The molecule has 2 amide bonds. The third kappa shape index (κ3) is 6.30. The Bertz CT molecular complexity index is 1080. The van der Waals surface area contributed by atoms with Crippen LogP contribution in [0.15, 0.2) is 42.5 Å². The molecule has 3 N–H and O–H groups in total. The molecule has 0 saturated carbocycles. The van der Waals surface area contributed by atoms with Crippen molar-refractivity contribution in [1.82, 2.24) is 5.32 Å². The van der Waals surface area contributed by atoms with Gasteiger partial charge in [-0.1, -0.05) is 24.3 Å². The Labute approximate surface area is 188 Å². The predicted molar refractivity (Wildman–Crippen MR) is 125 cm³/mol. The average Bonchev–Trinajstić information content (AvgIpc) is 2.75. The van der Waals surface area contributed by atoms with Crippen LogP contribution in [-0.2, 0) is 25.1 Å². The normalized spacial score (nSPS) is 15.4. The first-order valence-corrected chi connectivity index (χ1v) is 12.4. The van der Waals surface area contributed by atoms with Crippen molar-refractivity contribution in [3.05, 3.63) is 59.2 Å². The lowest BCUT2D eigenvalue weighted by Gasteiger charge is -2.27. The van der Waals surface area contributed by atoms with Crippen molar-refractivity contribution in [1.29, 1.82) is 0 Å². The van der Waals surface area contributed by atoms with E-state index in [2.05, 4.69) is 16.0 Å². The number of amides is 2. The monoisotopic (exact) mass is 459 g/mol. The maximum Gasteiger partial charge on any atom is 0.251 e. The minimum absolute atomic E-state index is 0.125. The summed E-state index contributed by atoms with van der Waals surface area (Å²) < 4.78 is 30.7. The molecule has 0 aliphatic carbocycles. The van der Waals surface area contributed by atoms with Crippen molar-refractivity contribution < 1.29 is 22.7 Å². The van der Waals surface area contributed by atoms with E-state index in [4.69, 9.17) is 4.74 Å². The number of fused-ring (bicyclic) bond motifs is 1. The Morgan fingerprint density at radius 2 is 1.94 bits per heavy atom. The maximum absolute atomic E-state index is 12.7. The number of hydrogen-bond donors (Lipinski definition) is 3. The van der Waals surface area contributed by atoms with Crippen molar-refractivity contribution in [2.45, 2.75) is 32.1 Å². The number of rotatable bonds is 10. The molecule has 1 heterocycles. The van der Waals surface area contributed by atoms with E-state index in [1.54, 1.807) is 30.3 Å². The van der Waals surface area contributed by atoms with Gasteiger partial charge in [-0.15, -0.1) is 0 Å². The van der Waals surface area contributed by atoms with Gasteiger partial charge in [-0.25, -0.2) is 8.42 Å². The highest BCUT2D eigenvalue weighted by molar-refractivity contribution is 7.90. The van der Waals surface area contributed by atoms with Crippen molar-refractivity contribution in [2.75, 3.05) is 36.1 Å². The molecular formula is C23H29N3O5S. The number of carbonyl (C=O) groups excluding carboxylic acids is 2. The molecule has 2 aromatic rings. The zero-order chi connectivity index (χ0) is 23.1. The molecule has 3 rings (SSSR count). The van der Waals surface area contributed by atoms with E-state index in [0.29, 0.717) is 43.1 Å². The first kappa shape index (κ1) is 23.7. The second-order valence-corrected chi connectivity index (χ2v) is 9.84. The highest BCUT2D eigenvalue weighted by Gasteiger charge is 2.30. The van der Waals surface area contributed by atoms with Crippen LogP contribution in [-0.4, -0.2) is 51.8 Å². The van der Waals surface area contributed by atoms with Gasteiger partial charge < -0.3 is 20.7 Å². The zero-order valence-electron chi connectivity index (χ0n) is 18.3. The summed E-state index contributed by atoms with van der Waals surface area (Å²) in [6, 6.07) is 11.3. The Hall–Kier alpha value is -2.91. The van der Waals surface area contributed by atoms with Gasteiger partial charge in [0, 0.05) is 25.3 Å². The molecule has 0 spiro atoms. The lowest BCUT2D eigenvalue weighted by atomic mass is 10.1. The summed E-state index contributed by atoms with van der Waals surface area (Å²) in [5.74, 6) is -1.14.